The summed E-state index contributed by atoms with van der Waals surface area (Å²) in [5.41, 5.74) is 1.19. The first-order valence-electron chi connectivity index (χ1n) is 11.4. The summed E-state index contributed by atoms with van der Waals surface area (Å²) < 4.78 is 5.05. The molecule has 9 nitrogen and oxygen atoms in total. The van der Waals surface area contributed by atoms with Crippen LogP contribution in [0.4, 0.5) is 5.69 Å². The molecular weight excluding hydrogens is 492 g/mol. The SMILES string of the molecule is CC(=O)OCCc1sc(C(NC(=O)C(=O)Nc2ccc(Cl)cc2)C2CCCCN2C(C)=O)nc1C. The number of rotatable bonds is 7. The first-order chi connectivity index (χ1) is 16.7. The van der Waals surface area contributed by atoms with Crippen LogP contribution in [0, 0.1) is 6.92 Å². The number of aromatic nitrogens is 1. The topological polar surface area (TPSA) is 118 Å². The van der Waals surface area contributed by atoms with Gasteiger partial charge in [0, 0.05) is 42.4 Å². The monoisotopic (exact) mass is 520 g/mol. The highest BCUT2D eigenvalue weighted by molar-refractivity contribution is 7.11. The van der Waals surface area contributed by atoms with Gasteiger partial charge >= 0.3 is 17.8 Å². The van der Waals surface area contributed by atoms with Crippen LogP contribution < -0.4 is 10.6 Å². The van der Waals surface area contributed by atoms with Crippen LogP contribution >= 0.6 is 22.9 Å². The summed E-state index contributed by atoms with van der Waals surface area (Å²) in [6.07, 6.45) is 2.92. The van der Waals surface area contributed by atoms with E-state index < -0.39 is 17.9 Å². The minimum absolute atomic E-state index is 0.0945. The van der Waals surface area contributed by atoms with Crippen LogP contribution in [-0.4, -0.2) is 52.8 Å². The molecule has 0 saturated carbocycles. The van der Waals surface area contributed by atoms with Crippen molar-refractivity contribution in [2.75, 3.05) is 18.5 Å². The molecule has 0 bridgehead atoms. The van der Waals surface area contributed by atoms with Gasteiger partial charge in [-0.15, -0.1) is 11.3 Å². The molecular formula is C24H29ClN4O5S. The molecule has 1 aromatic carbocycles. The largest absolute Gasteiger partial charge is 0.465 e. The number of nitrogens with one attached hydrogen (secondary N) is 2. The third-order valence-electron chi connectivity index (χ3n) is 5.74. The van der Waals surface area contributed by atoms with Gasteiger partial charge in [-0.25, -0.2) is 4.98 Å². The molecule has 11 heteroatoms. The van der Waals surface area contributed by atoms with Gasteiger partial charge in [-0.2, -0.15) is 0 Å². The van der Waals surface area contributed by atoms with Crippen LogP contribution in [0.2, 0.25) is 5.02 Å². The summed E-state index contributed by atoms with van der Waals surface area (Å²) in [5.74, 6) is -2.11. The molecule has 3 amide bonds. The molecule has 2 heterocycles. The Morgan fingerprint density at radius 1 is 1.17 bits per heavy atom. The van der Waals surface area contributed by atoms with Crippen LogP contribution in [0.25, 0.3) is 0 Å². The molecule has 2 aromatic rings. The molecule has 1 fully saturated rings. The Kier molecular flexibility index (Phi) is 9.22. The van der Waals surface area contributed by atoms with E-state index in [0.29, 0.717) is 35.1 Å². The van der Waals surface area contributed by atoms with Gasteiger partial charge in [-0.05, 0) is 50.5 Å². The van der Waals surface area contributed by atoms with Crippen molar-refractivity contribution in [2.45, 2.75) is 58.5 Å². The zero-order valence-corrected chi connectivity index (χ0v) is 21.5. The lowest BCUT2D eigenvalue weighted by atomic mass is 9.95. The zero-order chi connectivity index (χ0) is 25.5. The smallest absolute Gasteiger partial charge is 0.313 e. The normalized spacial score (nSPS) is 16.3. The third-order valence-corrected chi connectivity index (χ3v) is 7.30. The van der Waals surface area contributed by atoms with Gasteiger partial charge in [0.05, 0.1) is 18.3 Å². The van der Waals surface area contributed by atoms with Crippen molar-refractivity contribution < 1.29 is 23.9 Å². The number of hydrogen-bond donors (Lipinski definition) is 2. The highest BCUT2D eigenvalue weighted by Crippen LogP contribution is 2.33. The first kappa shape index (κ1) is 26.6. The van der Waals surface area contributed by atoms with Crippen LogP contribution in [0.5, 0.6) is 0 Å². The molecule has 35 heavy (non-hydrogen) atoms. The number of carbonyl (C=O) groups excluding carboxylic acids is 4. The summed E-state index contributed by atoms with van der Waals surface area (Å²) in [5, 5.41) is 6.50. The number of benzene rings is 1. The van der Waals surface area contributed by atoms with Gasteiger partial charge in [-0.1, -0.05) is 11.6 Å². The second-order valence-corrected chi connectivity index (χ2v) is 9.89. The van der Waals surface area contributed by atoms with Crippen molar-refractivity contribution >= 4 is 52.3 Å². The van der Waals surface area contributed by atoms with Gasteiger partial charge < -0.3 is 20.3 Å². The number of nitrogens with zero attached hydrogens (tertiary/aromatic N) is 2. The fourth-order valence-electron chi connectivity index (χ4n) is 4.05. The number of anilines is 1. The molecule has 1 aliphatic rings. The van der Waals surface area contributed by atoms with E-state index in [1.807, 2.05) is 6.92 Å². The first-order valence-corrected chi connectivity index (χ1v) is 12.6. The van der Waals surface area contributed by atoms with Crippen molar-refractivity contribution in [1.29, 1.82) is 0 Å². The number of amides is 3. The number of aryl methyl sites for hydroxylation is 1. The Balaban J connectivity index is 1.83. The lowest BCUT2D eigenvalue weighted by molar-refractivity contribution is -0.140. The summed E-state index contributed by atoms with van der Waals surface area (Å²) >= 11 is 7.26. The molecule has 1 aromatic heterocycles. The maximum absolute atomic E-state index is 12.9. The van der Waals surface area contributed by atoms with E-state index in [4.69, 9.17) is 16.3 Å². The zero-order valence-electron chi connectivity index (χ0n) is 19.9. The Hall–Kier alpha value is -2.98. The molecule has 3 rings (SSSR count). The van der Waals surface area contributed by atoms with Crippen molar-refractivity contribution in [3.05, 3.63) is 44.9 Å². The molecule has 2 unspecified atom stereocenters. The summed E-state index contributed by atoms with van der Waals surface area (Å²) in [6, 6.07) is 5.43. The van der Waals surface area contributed by atoms with Gasteiger partial charge in [-0.3, -0.25) is 19.2 Å². The summed E-state index contributed by atoms with van der Waals surface area (Å²) in [7, 11) is 0. The number of likely N-dealkylation sites (tertiary alicyclic amines) is 1. The maximum atomic E-state index is 12.9. The van der Waals surface area contributed by atoms with Crippen LogP contribution in [0.3, 0.4) is 0 Å². The number of ether oxygens (including phenoxy) is 1. The van der Waals surface area contributed by atoms with Gasteiger partial charge in [0.1, 0.15) is 11.0 Å². The van der Waals surface area contributed by atoms with Crippen LogP contribution in [0.15, 0.2) is 24.3 Å². The number of thiazole rings is 1. The van der Waals surface area contributed by atoms with Gasteiger partial charge in [0.15, 0.2) is 0 Å². The van der Waals surface area contributed by atoms with Crippen LogP contribution in [0.1, 0.15) is 54.7 Å². The molecule has 0 aliphatic carbocycles. The Morgan fingerprint density at radius 3 is 2.54 bits per heavy atom. The number of esters is 1. The predicted octanol–water partition coefficient (Wildman–Crippen LogP) is 3.41. The molecule has 1 aliphatic heterocycles. The lowest BCUT2D eigenvalue weighted by Gasteiger charge is -2.39. The molecule has 1 saturated heterocycles. The highest BCUT2D eigenvalue weighted by Gasteiger charge is 2.36. The summed E-state index contributed by atoms with van der Waals surface area (Å²) in [6.45, 7) is 5.50. The fraction of sp³-hybridized carbons (Fsp3) is 0.458. The third kappa shape index (κ3) is 7.25. The Morgan fingerprint density at radius 2 is 1.89 bits per heavy atom. The molecule has 2 atom stereocenters. The molecule has 188 valence electrons. The number of piperidine rings is 1. The van der Waals surface area contributed by atoms with E-state index in [1.54, 1.807) is 29.2 Å². The number of hydrogen-bond acceptors (Lipinski definition) is 7. The molecule has 2 N–H and O–H groups in total. The second kappa shape index (κ2) is 12.1. The van der Waals surface area contributed by atoms with Crippen molar-refractivity contribution in [3.8, 4) is 0 Å². The highest BCUT2D eigenvalue weighted by atomic mass is 35.5. The number of halogens is 1. The van der Waals surface area contributed by atoms with Crippen molar-refractivity contribution in [3.63, 3.8) is 0 Å². The van der Waals surface area contributed by atoms with Crippen molar-refractivity contribution in [2.24, 2.45) is 0 Å². The standard InChI is InChI=1S/C24H29ClN4O5S/c1-14-20(11-13-34-16(3)31)35-24(26-14)21(19-6-4-5-12-29(19)15(2)30)28-23(33)22(32)27-18-9-7-17(25)8-10-18/h7-10,19,21H,4-6,11-13H2,1-3H3,(H,27,32)(H,28,33). The second-order valence-electron chi connectivity index (χ2n) is 8.34. The van der Waals surface area contributed by atoms with Gasteiger partial charge in [0.2, 0.25) is 5.91 Å². The lowest BCUT2D eigenvalue weighted by Crippen LogP contribution is -2.52. The van der Waals surface area contributed by atoms with E-state index in [1.165, 1.54) is 25.2 Å². The number of carbonyl (C=O) groups is 4. The van der Waals surface area contributed by atoms with Gasteiger partial charge in [0.25, 0.3) is 0 Å². The van der Waals surface area contributed by atoms with E-state index >= 15 is 0 Å². The van der Waals surface area contributed by atoms with Crippen LogP contribution in [-0.2, 0) is 30.3 Å². The molecule has 0 radical (unpaired) electrons. The minimum Gasteiger partial charge on any atom is -0.465 e. The van der Waals surface area contributed by atoms with E-state index in [-0.39, 0.29) is 24.5 Å². The Labute approximate surface area is 213 Å². The average Bonchev–Trinajstić information content (AvgIpc) is 3.18. The predicted molar refractivity (Wildman–Crippen MR) is 133 cm³/mol. The van der Waals surface area contributed by atoms with E-state index in [0.717, 1.165) is 23.4 Å². The minimum atomic E-state index is -0.828. The maximum Gasteiger partial charge on any atom is 0.313 e. The van der Waals surface area contributed by atoms with Crippen molar-refractivity contribution in [1.82, 2.24) is 15.2 Å². The average molecular weight is 521 g/mol. The summed E-state index contributed by atoms with van der Waals surface area (Å²) in [4.78, 5) is 56.3. The molecule has 0 spiro atoms. The quantitative estimate of drug-likeness (QED) is 0.426. The van der Waals surface area contributed by atoms with E-state index in [9.17, 15) is 19.2 Å². The Bertz CT molecular complexity index is 1090. The fourth-order valence-corrected chi connectivity index (χ4v) is 5.33. The van der Waals surface area contributed by atoms with E-state index in [2.05, 4.69) is 15.6 Å².